The molecule has 0 aromatic heterocycles. The van der Waals surface area contributed by atoms with Crippen molar-refractivity contribution in [1.82, 2.24) is 0 Å². The summed E-state index contributed by atoms with van der Waals surface area (Å²) in [6.45, 7) is 2.64. The minimum Gasteiger partial charge on any atom is -0.380 e. The summed E-state index contributed by atoms with van der Waals surface area (Å²) in [5.74, 6) is 0.282. The first-order chi connectivity index (χ1) is 8.17. The topological polar surface area (TPSA) is 26.3 Å². The quantitative estimate of drug-likeness (QED) is 0.720. The lowest BCUT2D eigenvalue weighted by molar-refractivity contribution is -0.118. The van der Waals surface area contributed by atoms with Gasteiger partial charge < -0.3 is 4.74 Å². The second-order valence-corrected chi connectivity index (χ2v) is 5.25. The van der Waals surface area contributed by atoms with Crippen molar-refractivity contribution < 1.29 is 9.53 Å². The van der Waals surface area contributed by atoms with E-state index in [0.29, 0.717) is 13.0 Å². The highest BCUT2D eigenvalue weighted by Gasteiger charge is 2.14. The van der Waals surface area contributed by atoms with Gasteiger partial charge in [0.05, 0.1) is 11.4 Å². The molecular formula is C14H19BrO2. The van der Waals surface area contributed by atoms with E-state index in [1.54, 1.807) is 7.11 Å². The van der Waals surface area contributed by atoms with Crippen LogP contribution in [0.4, 0.5) is 0 Å². The van der Waals surface area contributed by atoms with Crippen LogP contribution >= 0.6 is 15.9 Å². The number of halogens is 1. The van der Waals surface area contributed by atoms with E-state index < -0.39 is 0 Å². The number of ether oxygens (including phenoxy) is 1. The number of Topliss-reactive ketones (excluding diaryl/α,β-unsaturated/α-hetero) is 1. The first kappa shape index (κ1) is 14.4. The van der Waals surface area contributed by atoms with Gasteiger partial charge in [0, 0.05) is 13.5 Å². The average molecular weight is 299 g/mol. The van der Waals surface area contributed by atoms with Crippen molar-refractivity contribution in [3.8, 4) is 0 Å². The van der Waals surface area contributed by atoms with E-state index in [1.807, 2.05) is 25.1 Å². The highest BCUT2D eigenvalue weighted by atomic mass is 79.9. The highest BCUT2D eigenvalue weighted by Crippen LogP contribution is 2.15. The molecule has 1 aromatic carbocycles. The van der Waals surface area contributed by atoms with E-state index in [2.05, 4.69) is 22.0 Å². The first-order valence-corrected chi connectivity index (χ1v) is 6.82. The van der Waals surface area contributed by atoms with Crippen LogP contribution < -0.4 is 0 Å². The van der Waals surface area contributed by atoms with Gasteiger partial charge in [-0.1, -0.05) is 47.1 Å². The number of hydrogen-bond acceptors (Lipinski definition) is 2. The molecule has 0 heterocycles. The fraction of sp³-hybridized carbons (Fsp3) is 0.500. The third kappa shape index (κ3) is 5.00. The maximum Gasteiger partial charge on any atom is 0.146 e. The van der Waals surface area contributed by atoms with Crippen LogP contribution in [0, 0.1) is 0 Å². The molecule has 3 heteroatoms. The van der Waals surface area contributed by atoms with E-state index in [0.717, 1.165) is 18.4 Å². The predicted octanol–water partition coefficient (Wildman–Crippen LogP) is 3.51. The molecule has 0 saturated heterocycles. The number of benzene rings is 1. The monoisotopic (exact) mass is 298 g/mol. The van der Waals surface area contributed by atoms with Gasteiger partial charge in [-0.25, -0.2) is 0 Å². The zero-order valence-corrected chi connectivity index (χ0v) is 12.0. The van der Waals surface area contributed by atoms with Crippen LogP contribution in [0.3, 0.4) is 0 Å². The summed E-state index contributed by atoms with van der Waals surface area (Å²) in [7, 11) is 1.69. The van der Waals surface area contributed by atoms with Crippen LogP contribution in [-0.4, -0.2) is 17.7 Å². The molecule has 0 fully saturated rings. The fourth-order valence-electron chi connectivity index (χ4n) is 1.74. The Kier molecular flexibility index (Phi) is 6.45. The van der Waals surface area contributed by atoms with Crippen LogP contribution in [0.1, 0.15) is 30.9 Å². The largest absolute Gasteiger partial charge is 0.380 e. The Morgan fingerprint density at radius 2 is 2.12 bits per heavy atom. The lowest BCUT2D eigenvalue weighted by atomic mass is 10.0. The lowest BCUT2D eigenvalue weighted by Gasteiger charge is -2.09. The first-order valence-electron chi connectivity index (χ1n) is 5.91. The van der Waals surface area contributed by atoms with Gasteiger partial charge in [0.25, 0.3) is 0 Å². The molecule has 0 aliphatic heterocycles. The Morgan fingerprint density at radius 1 is 1.41 bits per heavy atom. The van der Waals surface area contributed by atoms with Crippen LogP contribution in [0.15, 0.2) is 24.3 Å². The van der Waals surface area contributed by atoms with Crippen molar-refractivity contribution in [2.45, 2.75) is 37.6 Å². The molecule has 17 heavy (non-hydrogen) atoms. The van der Waals surface area contributed by atoms with Crippen molar-refractivity contribution in [2.75, 3.05) is 7.11 Å². The predicted molar refractivity (Wildman–Crippen MR) is 73.5 cm³/mol. The van der Waals surface area contributed by atoms with Gasteiger partial charge in [0.15, 0.2) is 0 Å². The number of carbonyl (C=O) groups excluding carboxylic acids is 1. The smallest absolute Gasteiger partial charge is 0.146 e. The highest BCUT2D eigenvalue weighted by molar-refractivity contribution is 9.10. The van der Waals surface area contributed by atoms with Gasteiger partial charge in [-0.2, -0.15) is 0 Å². The standard InChI is InChI=1S/C14H19BrO2/c1-3-5-14(16)13(15)9-11-6-4-7-12(8-11)10-17-2/h4,6-8,13H,3,5,9-10H2,1-2H3. The summed E-state index contributed by atoms with van der Waals surface area (Å²) in [4.78, 5) is 11.6. The fourth-order valence-corrected chi connectivity index (χ4v) is 2.34. The number of rotatable bonds is 7. The molecule has 0 spiro atoms. The Bertz CT molecular complexity index is 363. The molecule has 0 amide bonds. The minimum atomic E-state index is -0.0692. The summed E-state index contributed by atoms with van der Waals surface area (Å²) in [5.41, 5.74) is 2.32. The third-order valence-electron chi connectivity index (χ3n) is 2.56. The summed E-state index contributed by atoms with van der Waals surface area (Å²) in [6.07, 6.45) is 2.30. The molecular weight excluding hydrogens is 280 g/mol. The molecule has 94 valence electrons. The summed E-state index contributed by atoms with van der Waals surface area (Å²) >= 11 is 3.46. The molecule has 1 atom stereocenters. The summed E-state index contributed by atoms with van der Waals surface area (Å²) in [6, 6.07) is 8.18. The maximum atomic E-state index is 11.7. The van der Waals surface area contributed by atoms with Crippen molar-refractivity contribution in [2.24, 2.45) is 0 Å². The van der Waals surface area contributed by atoms with Gasteiger partial charge in [0.2, 0.25) is 0 Å². The van der Waals surface area contributed by atoms with Gasteiger partial charge in [-0.3, -0.25) is 4.79 Å². The third-order valence-corrected chi connectivity index (χ3v) is 3.40. The Balaban J connectivity index is 2.61. The van der Waals surface area contributed by atoms with Gasteiger partial charge in [0.1, 0.15) is 5.78 Å². The van der Waals surface area contributed by atoms with Crippen LogP contribution in [0.5, 0.6) is 0 Å². The number of methoxy groups -OCH3 is 1. The van der Waals surface area contributed by atoms with Crippen LogP contribution in [-0.2, 0) is 22.6 Å². The number of alkyl halides is 1. The van der Waals surface area contributed by atoms with Crippen LogP contribution in [0.2, 0.25) is 0 Å². The van der Waals surface area contributed by atoms with E-state index in [-0.39, 0.29) is 10.6 Å². The van der Waals surface area contributed by atoms with E-state index in [4.69, 9.17) is 4.74 Å². The van der Waals surface area contributed by atoms with E-state index in [9.17, 15) is 4.79 Å². The summed E-state index contributed by atoms with van der Waals surface area (Å²) < 4.78 is 5.10. The van der Waals surface area contributed by atoms with E-state index >= 15 is 0 Å². The van der Waals surface area contributed by atoms with Crippen molar-refractivity contribution >= 4 is 21.7 Å². The van der Waals surface area contributed by atoms with Crippen molar-refractivity contribution in [1.29, 1.82) is 0 Å². The van der Waals surface area contributed by atoms with Crippen molar-refractivity contribution in [3.05, 3.63) is 35.4 Å². The minimum absolute atomic E-state index is 0.0692. The molecule has 0 aliphatic carbocycles. The van der Waals surface area contributed by atoms with Gasteiger partial charge in [-0.15, -0.1) is 0 Å². The average Bonchev–Trinajstić information content (AvgIpc) is 2.30. The molecule has 0 bridgehead atoms. The van der Waals surface area contributed by atoms with Crippen molar-refractivity contribution in [3.63, 3.8) is 0 Å². The van der Waals surface area contributed by atoms with E-state index in [1.165, 1.54) is 5.56 Å². The Hall–Kier alpha value is -0.670. The lowest BCUT2D eigenvalue weighted by Crippen LogP contribution is -2.16. The zero-order valence-electron chi connectivity index (χ0n) is 10.4. The Labute approximate surface area is 111 Å². The molecule has 1 rings (SSSR count). The molecule has 0 saturated carbocycles. The number of hydrogen-bond donors (Lipinski definition) is 0. The molecule has 1 unspecified atom stereocenters. The Morgan fingerprint density at radius 3 is 2.76 bits per heavy atom. The second-order valence-electron chi connectivity index (χ2n) is 4.14. The maximum absolute atomic E-state index is 11.7. The molecule has 0 radical (unpaired) electrons. The normalized spacial score (nSPS) is 12.4. The molecule has 2 nitrogen and oxygen atoms in total. The summed E-state index contributed by atoms with van der Waals surface area (Å²) in [5, 5.41) is 0. The number of carbonyl (C=O) groups is 1. The zero-order chi connectivity index (χ0) is 12.7. The van der Waals surface area contributed by atoms with Gasteiger partial charge >= 0.3 is 0 Å². The van der Waals surface area contributed by atoms with Crippen LogP contribution in [0.25, 0.3) is 0 Å². The number of ketones is 1. The second kappa shape index (κ2) is 7.62. The van der Waals surface area contributed by atoms with Gasteiger partial charge in [-0.05, 0) is 24.0 Å². The molecule has 1 aromatic rings. The SMILES string of the molecule is CCCC(=O)C(Br)Cc1cccc(COC)c1. The molecule has 0 aliphatic rings. The molecule has 0 N–H and O–H groups in total.